The number of carbonyl (C=O) groups is 2. The highest BCUT2D eigenvalue weighted by atomic mass is 31.2. The number of ether oxygens (including phenoxy) is 2. The van der Waals surface area contributed by atoms with E-state index in [1.807, 2.05) is 0 Å². The van der Waals surface area contributed by atoms with Crippen LogP contribution in [0.2, 0.25) is 0 Å². The Labute approximate surface area is 226 Å². The summed E-state index contributed by atoms with van der Waals surface area (Å²) in [6.45, 7) is 9.43. The van der Waals surface area contributed by atoms with E-state index in [0.717, 1.165) is 6.08 Å². The van der Waals surface area contributed by atoms with Gasteiger partial charge in [-0.25, -0.2) is 18.1 Å². The van der Waals surface area contributed by atoms with Gasteiger partial charge in [0.2, 0.25) is 5.60 Å². The predicted octanol–water partition coefficient (Wildman–Crippen LogP) is 4.53. The molecule has 0 amide bonds. The molecule has 39 heavy (non-hydrogen) atoms. The maximum Gasteiger partial charge on any atom is 0.532 e. The lowest BCUT2D eigenvalue weighted by molar-refractivity contribution is -0.253. The predicted molar refractivity (Wildman–Crippen MR) is 134 cm³/mol. The number of phosphoric acid groups is 1. The minimum Gasteiger partial charge on any atom is -0.390 e. The van der Waals surface area contributed by atoms with E-state index in [2.05, 4.69) is 0 Å². The van der Waals surface area contributed by atoms with Crippen molar-refractivity contribution < 1.29 is 51.1 Å². The Morgan fingerprint density at radius 1 is 1.15 bits per heavy atom. The number of aliphatic hydroxyl groups excluding tert-OH is 1. The van der Waals surface area contributed by atoms with Gasteiger partial charge in [-0.3, -0.25) is 13.8 Å². The number of carbonyl (C=O) groups excluding carboxylic acids is 2. The molecule has 218 valence electrons. The zero-order valence-electron chi connectivity index (χ0n) is 23.1. The van der Waals surface area contributed by atoms with Crippen molar-refractivity contribution in [2.75, 3.05) is 13.2 Å². The van der Waals surface area contributed by atoms with Crippen LogP contribution in [-0.2, 0) is 37.2 Å². The number of halogens is 2. The van der Waals surface area contributed by atoms with Gasteiger partial charge in [0.25, 0.3) is 0 Å². The van der Waals surface area contributed by atoms with Crippen LogP contribution in [0.4, 0.5) is 8.78 Å². The smallest absolute Gasteiger partial charge is 0.390 e. The number of rotatable bonds is 6. The molecule has 0 aromatic carbocycles. The van der Waals surface area contributed by atoms with Crippen molar-refractivity contribution in [3.05, 3.63) is 23.8 Å². The highest BCUT2D eigenvalue weighted by Crippen LogP contribution is 2.73. The van der Waals surface area contributed by atoms with Gasteiger partial charge >= 0.3 is 13.8 Å². The van der Waals surface area contributed by atoms with Crippen LogP contribution < -0.4 is 0 Å². The fourth-order valence-electron chi connectivity index (χ4n) is 8.23. The van der Waals surface area contributed by atoms with E-state index in [-0.39, 0.29) is 38.0 Å². The van der Waals surface area contributed by atoms with Gasteiger partial charge in [0, 0.05) is 16.7 Å². The topological polar surface area (TPSA) is 118 Å². The lowest BCUT2D eigenvalue weighted by Crippen LogP contribution is -2.71. The molecule has 1 aliphatic heterocycles. The monoisotopic (exact) mass is 574 g/mol. The molecule has 9 nitrogen and oxygen atoms in total. The first-order chi connectivity index (χ1) is 18.0. The van der Waals surface area contributed by atoms with E-state index in [9.17, 15) is 19.3 Å². The normalized spacial score (nSPS) is 46.1. The van der Waals surface area contributed by atoms with E-state index in [0.29, 0.717) is 0 Å². The summed E-state index contributed by atoms with van der Waals surface area (Å²) in [6, 6.07) is 0. The zero-order valence-corrected chi connectivity index (χ0v) is 24.0. The molecule has 1 heterocycles. The molecular formula is C27H37F2O9P. The fourth-order valence-corrected chi connectivity index (χ4v) is 9.38. The minimum absolute atomic E-state index is 0.00622. The number of ketones is 1. The van der Waals surface area contributed by atoms with Crippen LogP contribution in [0.3, 0.4) is 0 Å². The lowest BCUT2D eigenvalue weighted by atomic mass is 9.44. The Kier molecular flexibility index (Phi) is 6.70. The maximum atomic E-state index is 17.5. The Morgan fingerprint density at radius 3 is 2.41 bits per heavy atom. The average molecular weight is 575 g/mol. The molecule has 0 radical (unpaired) electrons. The van der Waals surface area contributed by atoms with Gasteiger partial charge in [0.15, 0.2) is 17.2 Å². The Hall–Kier alpha value is -1.49. The number of fused-ring (bicyclic) bond motifs is 7. The van der Waals surface area contributed by atoms with E-state index < -0.39 is 77.7 Å². The molecule has 0 aromatic rings. The number of alkyl halides is 2. The van der Waals surface area contributed by atoms with Gasteiger partial charge in [-0.15, -0.1) is 0 Å². The molecule has 0 bridgehead atoms. The second kappa shape index (κ2) is 9.00. The van der Waals surface area contributed by atoms with Crippen LogP contribution in [0, 0.1) is 22.7 Å². The molecule has 0 unspecified atom stereocenters. The molecule has 9 atom stereocenters. The van der Waals surface area contributed by atoms with E-state index in [1.54, 1.807) is 34.6 Å². The average Bonchev–Trinajstić information content (AvgIpc) is 3.23. The Bertz CT molecular complexity index is 1180. The largest absolute Gasteiger partial charge is 0.532 e. The van der Waals surface area contributed by atoms with Crippen molar-refractivity contribution in [2.24, 2.45) is 22.7 Å². The number of allylic oxidation sites excluding steroid dienone is 4. The zero-order chi connectivity index (χ0) is 28.8. The van der Waals surface area contributed by atoms with Crippen molar-refractivity contribution in [1.82, 2.24) is 0 Å². The quantitative estimate of drug-likeness (QED) is 0.457. The highest BCUT2D eigenvalue weighted by Gasteiger charge is 2.81. The first-order valence-corrected chi connectivity index (χ1v) is 15.0. The van der Waals surface area contributed by atoms with Crippen LogP contribution >= 0.6 is 7.82 Å². The summed E-state index contributed by atoms with van der Waals surface area (Å²) >= 11 is 0. The SMILES string of the molecule is CCOP(=O)(OCC)OC(=O)[C@@]12OC(C)(C)O[C@@H]1C[C@H]1[C@@H]3C[C@H](F)C4=CC(=O)C=C[C@]4(C)[C@@]3(F)[C@@H](O)C[C@@]12C. The second-order valence-corrected chi connectivity index (χ2v) is 13.7. The van der Waals surface area contributed by atoms with Gasteiger partial charge in [0.1, 0.15) is 12.3 Å². The molecule has 0 spiro atoms. The van der Waals surface area contributed by atoms with E-state index in [4.69, 9.17) is 23.0 Å². The molecule has 1 saturated heterocycles. The van der Waals surface area contributed by atoms with Gasteiger partial charge < -0.3 is 19.1 Å². The van der Waals surface area contributed by atoms with Crippen LogP contribution in [0.25, 0.3) is 0 Å². The van der Waals surface area contributed by atoms with E-state index >= 15 is 8.78 Å². The van der Waals surface area contributed by atoms with Crippen molar-refractivity contribution in [3.8, 4) is 0 Å². The maximum absolute atomic E-state index is 17.5. The molecule has 0 aromatic heterocycles. The summed E-state index contributed by atoms with van der Waals surface area (Å²) in [4.78, 5) is 26.1. The molecular weight excluding hydrogens is 537 g/mol. The summed E-state index contributed by atoms with van der Waals surface area (Å²) in [5.41, 5.74) is -7.12. The Morgan fingerprint density at radius 2 is 1.79 bits per heavy atom. The molecule has 3 saturated carbocycles. The fraction of sp³-hybridized carbons (Fsp3) is 0.778. The van der Waals surface area contributed by atoms with Gasteiger partial charge in [-0.05, 0) is 77.5 Å². The third-order valence-corrected chi connectivity index (χ3v) is 11.2. The first kappa shape index (κ1) is 29.0. The number of phosphoric ester groups is 1. The molecule has 1 N–H and O–H groups in total. The molecule has 5 aliphatic rings. The van der Waals surface area contributed by atoms with Gasteiger partial charge in [-0.2, -0.15) is 0 Å². The first-order valence-electron chi connectivity index (χ1n) is 13.5. The Balaban J connectivity index is 1.61. The summed E-state index contributed by atoms with van der Waals surface area (Å²) in [7, 11) is -4.34. The van der Waals surface area contributed by atoms with Gasteiger partial charge in [0.05, 0.1) is 19.3 Å². The van der Waals surface area contributed by atoms with Crippen LogP contribution in [0.5, 0.6) is 0 Å². The van der Waals surface area contributed by atoms with Crippen molar-refractivity contribution in [2.45, 2.75) is 96.2 Å². The highest BCUT2D eigenvalue weighted by molar-refractivity contribution is 7.49. The molecule has 4 aliphatic carbocycles. The lowest BCUT2D eigenvalue weighted by Gasteiger charge is -2.63. The summed E-state index contributed by atoms with van der Waals surface area (Å²) < 4.78 is 74.6. The third kappa shape index (κ3) is 3.76. The number of aliphatic hydroxyl groups is 1. The van der Waals surface area contributed by atoms with E-state index in [1.165, 1.54) is 19.1 Å². The number of hydrogen-bond donors (Lipinski definition) is 1. The standard InChI is InChI=1S/C27H37F2O9P/c1-7-34-39(33,35-8-2)37-22(32)27-21(36-23(3,4)38-27)13-16-17-12-19(28)18-11-15(30)9-10-24(18,5)26(17,29)20(31)14-25(16,27)6/h9-11,16-17,19-21,31H,7-8,12-14H2,1-6H3/t16-,17-,19-,20-,21+,24-,25-,26-,27-/m0/s1. The summed E-state index contributed by atoms with van der Waals surface area (Å²) in [5, 5.41) is 11.6. The minimum atomic E-state index is -4.34. The summed E-state index contributed by atoms with van der Waals surface area (Å²) in [5.74, 6) is -4.51. The molecule has 4 fully saturated rings. The van der Waals surface area contributed by atoms with Crippen molar-refractivity contribution >= 4 is 19.6 Å². The van der Waals surface area contributed by atoms with Crippen LogP contribution in [0.1, 0.15) is 60.8 Å². The van der Waals surface area contributed by atoms with Crippen LogP contribution in [0.15, 0.2) is 23.8 Å². The molecule has 12 heteroatoms. The number of hydrogen-bond acceptors (Lipinski definition) is 9. The van der Waals surface area contributed by atoms with Crippen molar-refractivity contribution in [3.63, 3.8) is 0 Å². The van der Waals surface area contributed by atoms with Crippen molar-refractivity contribution in [1.29, 1.82) is 0 Å². The third-order valence-electron chi connectivity index (χ3n) is 9.69. The van der Waals surface area contributed by atoms with Gasteiger partial charge in [-0.1, -0.05) is 13.0 Å². The van der Waals surface area contributed by atoms with Crippen LogP contribution in [-0.4, -0.2) is 65.5 Å². The summed E-state index contributed by atoms with van der Waals surface area (Å²) in [6.07, 6.45) is -1.03. The second-order valence-electron chi connectivity index (χ2n) is 12.1. The molecule has 5 rings (SSSR count).